The zero-order chi connectivity index (χ0) is 8.39. The fourth-order valence-corrected chi connectivity index (χ4v) is 2.54. The van der Waals surface area contributed by atoms with Crippen molar-refractivity contribution in [3.05, 3.63) is 6.42 Å². The molecule has 0 nitrogen and oxygen atoms in total. The maximum Gasteiger partial charge on any atom is -0.0324 e. The molecule has 1 unspecified atom stereocenters. The van der Waals surface area contributed by atoms with Crippen LogP contribution in [0, 0.1) is 24.2 Å². The van der Waals surface area contributed by atoms with Gasteiger partial charge in [0, 0.05) is 0 Å². The summed E-state index contributed by atoms with van der Waals surface area (Å²) in [4.78, 5) is 0. The molecule has 0 aromatic rings. The predicted molar refractivity (Wildman–Crippen MR) is 52.8 cm³/mol. The van der Waals surface area contributed by atoms with Gasteiger partial charge in [-0.1, -0.05) is 39.0 Å². The van der Waals surface area contributed by atoms with E-state index < -0.39 is 0 Å². The predicted octanol–water partition coefficient (Wildman–Crippen LogP) is 3.82. The average Bonchev–Trinajstić information content (AvgIpc) is 2.88. The fourth-order valence-electron chi connectivity index (χ4n) is 2.54. The Morgan fingerprint density at radius 1 is 1.00 bits per heavy atom. The van der Waals surface area contributed by atoms with E-state index in [-0.39, 0.29) is 0 Å². The maximum atomic E-state index is 2.66. The maximum absolute atomic E-state index is 2.66. The first kappa shape index (κ1) is 8.59. The van der Waals surface area contributed by atoms with Crippen molar-refractivity contribution in [2.24, 2.45) is 17.8 Å². The minimum absolute atomic E-state index is 0.924. The third-order valence-corrected chi connectivity index (χ3v) is 3.59. The molecular weight excluding hydrogens is 144 g/mol. The van der Waals surface area contributed by atoms with Crippen LogP contribution in [-0.4, -0.2) is 0 Å². The van der Waals surface area contributed by atoms with Gasteiger partial charge >= 0.3 is 0 Å². The van der Waals surface area contributed by atoms with Gasteiger partial charge in [0.2, 0.25) is 0 Å². The highest BCUT2D eigenvalue weighted by Gasteiger charge is 2.29. The van der Waals surface area contributed by atoms with E-state index in [9.17, 15) is 0 Å². The molecule has 0 N–H and O–H groups in total. The molecule has 1 radical (unpaired) electrons. The number of rotatable bonds is 3. The molecule has 12 heavy (non-hydrogen) atoms. The Hall–Kier alpha value is 0. The van der Waals surface area contributed by atoms with Crippen molar-refractivity contribution in [2.45, 2.75) is 51.9 Å². The first-order valence-electron chi connectivity index (χ1n) is 5.71. The highest BCUT2D eigenvalue weighted by atomic mass is 14.3. The minimum Gasteiger partial charge on any atom is -0.0620 e. The fraction of sp³-hybridized carbons (Fsp3) is 0.917. The van der Waals surface area contributed by atoms with Crippen molar-refractivity contribution in [1.29, 1.82) is 0 Å². The lowest BCUT2D eigenvalue weighted by Gasteiger charge is -2.24. The lowest BCUT2D eigenvalue weighted by Crippen LogP contribution is -2.12. The Morgan fingerprint density at radius 2 is 1.67 bits per heavy atom. The van der Waals surface area contributed by atoms with Gasteiger partial charge < -0.3 is 0 Å². The van der Waals surface area contributed by atoms with Crippen LogP contribution >= 0.6 is 0 Å². The van der Waals surface area contributed by atoms with Crippen molar-refractivity contribution >= 4 is 0 Å². The van der Waals surface area contributed by atoms with Gasteiger partial charge in [0.25, 0.3) is 0 Å². The van der Waals surface area contributed by atoms with E-state index in [0.717, 1.165) is 17.8 Å². The standard InChI is InChI=1S/C12H21/c1-10(12-7-8-12)9-11-5-3-2-4-6-11/h9-12H,2-8H2,1H3. The second kappa shape index (κ2) is 3.81. The van der Waals surface area contributed by atoms with Gasteiger partial charge in [-0.25, -0.2) is 0 Å². The summed E-state index contributed by atoms with van der Waals surface area (Å²) in [6.45, 7) is 2.42. The molecule has 0 spiro atoms. The summed E-state index contributed by atoms with van der Waals surface area (Å²) in [5.41, 5.74) is 0. The van der Waals surface area contributed by atoms with Crippen LogP contribution in [0.25, 0.3) is 0 Å². The molecule has 0 heterocycles. The van der Waals surface area contributed by atoms with Crippen molar-refractivity contribution in [3.8, 4) is 0 Å². The van der Waals surface area contributed by atoms with E-state index in [1.807, 2.05) is 0 Å². The van der Waals surface area contributed by atoms with E-state index in [1.54, 1.807) is 0 Å². The monoisotopic (exact) mass is 165 g/mol. The third kappa shape index (κ3) is 2.24. The molecule has 0 aromatic carbocycles. The largest absolute Gasteiger partial charge is 0.0620 e. The van der Waals surface area contributed by atoms with Crippen LogP contribution in [0.15, 0.2) is 0 Å². The van der Waals surface area contributed by atoms with Crippen LogP contribution in [-0.2, 0) is 0 Å². The average molecular weight is 165 g/mol. The van der Waals surface area contributed by atoms with Gasteiger partial charge in [-0.2, -0.15) is 0 Å². The lowest BCUT2D eigenvalue weighted by atomic mass is 9.82. The van der Waals surface area contributed by atoms with Crippen LogP contribution in [0.5, 0.6) is 0 Å². The Balaban J connectivity index is 1.69. The second-order valence-electron chi connectivity index (χ2n) is 4.79. The molecule has 0 aliphatic heterocycles. The Kier molecular flexibility index (Phi) is 2.73. The molecule has 2 aliphatic carbocycles. The van der Waals surface area contributed by atoms with Crippen LogP contribution in [0.1, 0.15) is 51.9 Å². The second-order valence-corrected chi connectivity index (χ2v) is 4.79. The highest BCUT2D eigenvalue weighted by molar-refractivity contribution is 4.91. The first-order valence-corrected chi connectivity index (χ1v) is 5.71. The van der Waals surface area contributed by atoms with Crippen molar-refractivity contribution in [3.63, 3.8) is 0 Å². The molecule has 2 fully saturated rings. The summed E-state index contributed by atoms with van der Waals surface area (Å²) >= 11 is 0. The van der Waals surface area contributed by atoms with Crippen LogP contribution in [0.4, 0.5) is 0 Å². The molecule has 69 valence electrons. The van der Waals surface area contributed by atoms with Gasteiger partial charge in [0.15, 0.2) is 0 Å². The molecule has 0 saturated heterocycles. The lowest BCUT2D eigenvalue weighted by molar-refractivity contribution is 0.360. The van der Waals surface area contributed by atoms with Crippen molar-refractivity contribution in [1.82, 2.24) is 0 Å². The molecule has 0 bridgehead atoms. The molecule has 2 rings (SSSR count). The molecule has 0 aromatic heterocycles. The van der Waals surface area contributed by atoms with Gasteiger partial charge in [-0.3, -0.25) is 0 Å². The van der Waals surface area contributed by atoms with Gasteiger partial charge in [0.1, 0.15) is 0 Å². The van der Waals surface area contributed by atoms with Crippen LogP contribution in [0.3, 0.4) is 0 Å². The van der Waals surface area contributed by atoms with Crippen LogP contribution in [0.2, 0.25) is 0 Å². The Labute approximate surface area is 76.7 Å². The normalized spacial score (nSPS) is 28.8. The summed E-state index contributed by atoms with van der Waals surface area (Å²) in [5.74, 6) is 2.98. The zero-order valence-corrected chi connectivity index (χ0v) is 8.26. The molecule has 2 saturated carbocycles. The molecule has 1 atom stereocenters. The summed E-state index contributed by atoms with van der Waals surface area (Å²) < 4.78 is 0. The molecule has 2 aliphatic rings. The molecule has 0 amide bonds. The smallest absolute Gasteiger partial charge is 0.0324 e. The quantitative estimate of drug-likeness (QED) is 0.596. The zero-order valence-electron chi connectivity index (χ0n) is 8.26. The highest BCUT2D eigenvalue weighted by Crippen LogP contribution is 2.41. The van der Waals surface area contributed by atoms with Gasteiger partial charge in [-0.15, -0.1) is 0 Å². The third-order valence-electron chi connectivity index (χ3n) is 3.59. The first-order chi connectivity index (χ1) is 5.86. The van der Waals surface area contributed by atoms with E-state index >= 15 is 0 Å². The van der Waals surface area contributed by atoms with E-state index in [4.69, 9.17) is 0 Å². The van der Waals surface area contributed by atoms with E-state index in [1.165, 1.54) is 44.9 Å². The van der Waals surface area contributed by atoms with E-state index in [0.29, 0.717) is 0 Å². The summed E-state index contributed by atoms with van der Waals surface area (Å²) in [7, 11) is 0. The summed E-state index contributed by atoms with van der Waals surface area (Å²) in [5, 5.41) is 0. The molecular formula is C12H21. The number of hydrogen-bond donors (Lipinski definition) is 0. The van der Waals surface area contributed by atoms with Crippen molar-refractivity contribution < 1.29 is 0 Å². The van der Waals surface area contributed by atoms with Gasteiger partial charge in [0.05, 0.1) is 0 Å². The summed E-state index contributed by atoms with van der Waals surface area (Å²) in [6.07, 6.45) is 13.1. The number of hydrogen-bond acceptors (Lipinski definition) is 0. The van der Waals surface area contributed by atoms with Crippen molar-refractivity contribution in [2.75, 3.05) is 0 Å². The van der Waals surface area contributed by atoms with Gasteiger partial charge in [-0.05, 0) is 37.0 Å². The SMILES string of the molecule is CC([CH]C1CCCCC1)C1CC1. The Morgan fingerprint density at radius 3 is 2.25 bits per heavy atom. The summed E-state index contributed by atoms with van der Waals surface area (Å²) in [6, 6.07) is 0. The van der Waals surface area contributed by atoms with Crippen LogP contribution < -0.4 is 0 Å². The minimum atomic E-state index is 0.924. The topological polar surface area (TPSA) is 0 Å². The van der Waals surface area contributed by atoms with E-state index in [2.05, 4.69) is 13.3 Å². The Bertz CT molecular complexity index is 129. The molecule has 0 heteroatoms.